The maximum Gasteiger partial charge on any atom is 0.251 e. The molecule has 2 aliphatic carbocycles. The van der Waals surface area contributed by atoms with Crippen molar-refractivity contribution in [1.29, 1.82) is 0 Å². The van der Waals surface area contributed by atoms with Gasteiger partial charge < -0.3 is 41.2 Å². The number of nitrogens with one attached hydrogen (secondary N) is 4. The number of methoxy groups -OCH3 is 1. The predicted octanol–water partition coefficient (Wildman–Crippen LogP) is 3.43. The first-order valence-electron chi connectivity index (χ1n) is 15.5. The third-order valence-electron chi connectivity index (χ3n) is 8.13. The summed E-state index contributed by atoms with van der Waals surface area (Å²) < 4.78 is 16.0. The lowest BCUT2D eigenvalue weighted by Gasteiger charge is -2.23. The Kier molecular flexibility index (Phi) is 11.6. The number of nitrogens with zero attached hydrogens (tertiary/aromatic N) is 3. The molecule has 44 heavy (non-hydrogen) atoms. The van der Waals surface area contributed by atoms with Crippen molar-refractivity contribution in [2.75, 3.05) is 62.6 Å². The number of hydrogen-bond donors (Lipinski definition) is 5. The van der Waals surface area contributed by atoms with Crippen LogP contribution in [-0.4, -0.2) is 73.5 Å². The molecule has 236 valence electrons. The zero-order valence-electron chi connectivity index (χ0n) is 25.4. The largest absolute Gasteiger partial charge is 0.497 e. The lowest BCUT2D eigenvalue weighted by molar-refractivity contribution is 0.0511. The number of hydrogen-bond acceptors (Lipinski definition) is 11. The molecule has 3 atom stereocenters. The molecule has 6 N–H and O–H groups in total. The number of amides is 1. The second kappa shape index (κ2) is 16.2. The molecule has 1 aromatic heterocycles. The maximum atomic E-state index is 12.5. The van der Waals surface area contributed by atoms with Crippen molar-refractivity contribution in [3.05, 3.63) is 65.2 Å². The van der Waals surface area contributed by atoms with E-state index in [1.54, 1.807) is 7.11 Å². The number of benzene rings is 2. The summed E-state index contributed by atoms with van der Waals surface area (Å²) in [5, 5.41) is 13.2. The highest BCUT2D eigenvalue weighted by Crippen LogP contribution is 2.45. The fourth-order valence-electron chi connectivity index (χ4n) is 5.81. The summed E-state index contributed by atoms with van der Waals surface area (Å²) in [5.41, 5.74) is 8.05. The zero-order valence-corrected chi connectivity index (χ0v) is 25.4. The number of nitrogens with two attached hydrogens (primary N) is 1. The van der Waals surface area contributed by atoms with Gasteiger partial charge in [0.15, 0.2) is 0 Å². The van der Waals surface area contributed by atoms with Gasteiger partial charge in [0, 0.05) is 37.8 Å². The highest BCUT2D eigenvalue weighted by atomic mass is 16.5. The average molecular weight is 605 g/mol. The fraction of sp³-hybridized carbons (Fsp3) is 0.500. The second-order valence-electron chi connectivity index (χ2n) is 11.3. The molecule has 3 aromatic rings. The van der Waals surface area contributed by atoms with Gasteiger partial charge in [-0.2, -0.15) is 15.0 Å². The van der Waals surface area contributed by atoms with Crippen LogP contribution in [0.2, 0.25) is 0 Å². The summed E-state index contributed by atoms with van der Waals surface area (Å²) in [5.74, 6) is 3.74. The molecule has 12 heteroatoms. The molecule has 0 radical (unpaired) electrons. The molecule has 5 rings (SSSR count). The van der Waals surface area contributed by atoms with Crippen LogP contribution in [0.5, 0.6) is 5.75 Å². The first-order valence-corrected chi connectivity index (χ1v) is 15.5. The monoisotopic (exact) mass is 604 g/mol. The number of carbonyl (C=O) groups excluding carboxylic acids is 1. The summed E-state index contributed by atoms with van der Waals surface area (Å²) in [4.78, 5) is 26.5. The minimum Gasteiger partial charge on any atom is -0.497 e. The van der Waals surface area contributed by atoms with E-state index in [1.165, 1.54) is 25.7 Å². The van der Waals surface area contributed by atoms with Gasteiger partial charge in [0.05, 0.1) is 33.5 Å². The highest BCUT2D eigenvalue weighted by molar-refractivity contribution is 5.94. The van der Waals surface area contributed by atoms with Crippen LogP contribution in [0.3, 0.4) is 0 Å². The molecule has 12 nitrogen and oxygen atoms in total. The quantitative estimate of drug-likeness (QED) is 0.136. The van der Waals surface area contributed by atoms with E-state index in [1.807, 2.05) is 48.5 Å². The van der Waals surface area contributed by atoms with Crippen molar-refractivity contribution in [2.45, 2.75) is 44.8 Å². The third-order valence-corrected chi connectivity index (χ3v) is 8.13. The van der Waals surface area contributed by atoms with Gasteiger partial charge in [-0.25, -0.2) is 0 Å². The van der Waals surface area contributed by atoms with E-state index in [9.17, 15) is 4.79 Å². The smallest absolute Gasteiger partial charge is 0.251 e. The van der Waals surface area contributed by atoms with E-state index in [2.05, 4.69) is 26.3 Å². The van der Waals surface area contributed by atoms with E-state index in [0.717, 1.165) is 22.8 Å². The molecule has 2 fully saturated rings. The van der Waals surface area contributed by atoms with Crippen LogP contribution < -0.4 is 31.7 Å². The molecule has 0 saturated heterocycles. The topological polar surface area (TPSA) is 158 Å². The van der Waals surface area contributed by atoms with E-state index in [-0.39, 0.29) is 5.91 Å². The molecule has 3 unspecified atom stereocenters. The molecular formula is C32H44N8O4. The molecule has 1 heterocycles. The van der Waals surface area contributed by atoms with Gasteiger partial charge in [-0.1, -0.05) is 30.7 Å². The van der Waals surface area contributed by atoms with Crippen LogP contribution >= 0.6 is 0 Å². The van der Waals surface area contributed by atoms with E-state index in [4.69, 9.17) is 29.9 Å². The van der Waals surface area contributed by atoms with Gasteiger partial charge in [-0.3, -0.25) is 4.79 Å². The molecule has 0 spiro atoms. The molecule has 1 amide bonds. The lowest BCUT2D eigenvalue weighted by atomic mass is 9.95. The first kappa shape index (κ1) is 31.4. The average Bonchev–Trinajstić information content (AvgIpc) is 3.68. The summed E-state index contributed by atoms with van der Waals surface area (Å²) in [6.07, 6.45) is 5.07. The Balaban J connectivity index is 1.14. The Labute approximate surface area is 258 Å². The van der Waals surface area contributed by atoms with E-state index in [0.29, 0.717) is 88.0 Å². The van der Waals surface area contributed by atoms with Gasteiger partial charge in [0.1, 0.15) is 5.75 Å². The molecule has 0 aliphatic heterocycles. The summed E-state index contributed by atoms with van der Waals surface area (Å²) in [6.45, 7) is 3.88. The first-order chi connectivity index (χ1) is 21.6. The minimum absolute atomic E-state index is 0.145. The number of aromatic nitrogens is 3. The number of fused-ring (bicyclic) bond motifs is 2. The zero-order chi connectivity index (χ0) is 30.6. The number of anilines is 3. The molecule has 2 saturated carbocycles. The van der Waals surface area contributed by atoms with Crippen LogP contribution in [0.15, 0.2) is 48.5 Å². The van der Waals surface area contributed by atoms with Gasteiger partial charge in [-0.05, 0) is 66.5 Å². The number of ether oxygens (including phenoxy) is 3. The van der Waals surface area contributed by atoms with E-state index >= 15 is 0 Å². The van der Waals surface area contributed by atoms with E-state index < -0.39 is 0 Å². The van der Waals surface area contributed by atoms with Crippen molar-refractivity contribution >= 4 is 23.8 Å². The van der Waals surface area contributed by atoms with Crippen LogP contribution in [0.1, 0.15) is 47.2 Å². The number of rotatable bonds is 18. The summed E-state index contributed by atoms with van der Waals surface area (Å²) >= 11 is 0. The Hall–Kier alpha value is -4.00. The Morgan fingerprint density at radius 3 is 2.05 bits per heavy atom. The van der Waals surface area contributed by atoms with Crippen LogP contribution in [0, 0.1) is 11.8 Å². The summed E-state index contributed by atoms with van der Waals surface area (Å²) in [6, 6.07) is 15.8. The van der Waals surface area contributed by atoms with Crippen molar-refractivity contribution in [2.24, 2.45) is 17.6 Å². The third kappa shape index (κ3) is 9.25. The molecule has 2 bridgehead atoms. The van der Waals surface area contributed by atoms with Crippen molar-refractivity contribution < 1.29 is 19.0 Å². The second-order valence-corrected chi connectivity index (χ2v) is 11.3. The number of carbonyl (C=O) groups is 1. The van der Waals surface area contributed by atoms with Gasteiger partial charge in [-0.15, -0.1) is 0 Å². The highest BCUT2D eigenvalue weighted by Gasteiger charge is 2.39. The lowest BCUT2D eigenvalue weighted by Crippen LogP contribution is -2.27. The SMILES string of the molecule is COc1ccc(CNc2nc(NCc3ccc(C(=O)NCCOCCOCCN)cc3)nc(NC3CC4CCC3C4)n2)cc1. The Morgan fingerprint density at radius 1 is 0.818 bits per heavy atom. The van der Waals surface area contributed by atoms with Crippen LogP contribution in [0.25, 0.3) is 0 Å². The summed E-state index contributed by atoms with van der Waals surface area (Å²) in [7, 11) is 1.66. The van der Waals surface area contributed by atoms with Crippen molar-refractivity contribution in [1.82, 2.24) is 20.3 Å². The van der Waals surface area contributed by atoms with Gasteiger partial charge >= 0.3 is 0 Å². The van der Waals surface area contributed by atoms with Crippen LogP contribution in [0.4, 0.5) is 17.8 Å². The Morgan fingerprint density at radius 2 is 1.45 bits per heavy atom. The maximum absolute atomic E-state index is 12.5. The molecular weight excluding hydrogens is 560 g/mol. The Bertz CT molecular complexity index is 1320. The normalized spacial score (nSPS) is 18.6. The minimum atomic E-state index is -0.145. The van der Waals surface area contributed by atoms with Gasteiger partial charge in [0.25, 0.3) is 5.91 Å². The van der Waals surface area contributed by atoms with Gasteiger partial charge in [0.2, 0.25) is 17.8 Å². The molecule has 2 aromatic carbocycles. The predicted molar refractivity (Wildman–Crippen MR) is 170 cm³/mol. The van der Waals surface area contributed by atoms with Crippen molar-refractivity contribution in [3.8, 4) is 5.75 Å². The fourth-order valence-corrected chi connectivity index (χ4v) is 5.81. The van der Waals surface area contributed by atoms with Crippen LogP contribution in [-0.2, 0) is 22.6 Å². The van der Waals surface area contributed by atoms with Crippen molar-refractivity contribution in [3.63, 3.8) is 0 Å². The molecule has 2 aliphatic rings. The standard InChI is InChI=1S/C32H44N8O4/c1-42-27-10-5-23(6-11-27)21-36-31-38-30(39-32(40-31)37-28-19-24-4-9-26(28)18-24)35-20-22-2-7-25(8-3-22)29(41)34-13-15-44-17-16-43-14-12-33/h2-3,5-8,10-11,24,26,28H,4,9,12-21,33H2,1H3,(H,34,41)(H3,35,36,37,38,39,40).